The van der Waals surface area contributed by atoms with E-state index in [1.165, 1.54) is 48.8 Å². The van der Waals surface area contributed by atoms with E-state index in [1.807, 2.05) is 0 Å². The molecule has 1 saturated heterocycles. The first-order valence-corrected chi connectivity index (χ1v) is 12.1. The Morgan fingerprint density at radius 1 is 1.24 bits per heavy atom. The van der Waals surface area contributed by atoms with Gasteiger partial charge in [0, 0.05) is 36.7 Å². The molecule has 5 heteroatoms. The summed E-state index contributed by atoms with van der Waals surface area (Å²) in [7, 11) is 0. The van der Waals surface area contributed by atoms with Gasteiger partial charge < -0.3 is 15.3 Å². The number of benzene rings is 1. The average molecular weight is 414 g/mol. The summed E-state index contributed by atoms with van der Waals surface area (Å²) >= 11 is 1.78. The molecule has 29 heavy (non-hydrogen) atoms. The summed E-state index contributed by atoms with van der Waals surface area (Å²) in [5.41, 5.74) is 5.73. The SMILES string of the molecule is CC1(C)CCCc2cc(-c3csc(N4CCC(NCCCCO)CC4)n3)ccc21. The monoisotopic (exact) mass is 413 g/mol. The lowest BCUT2D eigenvalue weighted by Gasteiger charge is -2.33. The first-order chi connectivity index (χ1) is 14.1. The number of anilines is 1. The largest absolute Gasteiger partial charge is 0.396 e. The van der Waals surface area contributed by atoms with E-state index in [0.29, 0.717) is 18.1 Å². The Balaban J connectivity index is 1.37. The molecular weight excluding hydrogens is 378 g/mol. The van der Waals surface area contributed by atoms with E-state index in [1.54, 1.807) is 11.3 Å². The molecule has 1 aromatic heterocycles. The number of hydrogen-bond acceptors (Lipinski definition) is 5. The maximum atomic E-state index is 8.89. The van der Waals surface area contributed by atoms with Crippen molar-refractivity contribution in [3.8, 4) is 11.3 Å². The Hall–Kier alpha value is -1.43. The fourth-order valence-corrected chi connectivity index (χ4v) is 5.72. The number of aryl methyl sites for hydroxylation is 1. The van der Waals surface area contributed by atoms with Crippen molar-refractivity contribution >= 4 is 16.5 Å². The number of fused-ring (bicyclic) bond motifs is 1. The van der Waals surface area contributed by atoms with Crippen LogP contribution in [0, 0.1) is 0 Å². The highest BCUT2D eigenvalue weighted by atomic mass is 32.1. The van der Waals surface area contributed by atoms with E-state index in [-0.39, 0.29) is 0 Å². The molecule has 2 aliphatic rings. The van der Waals surface area contributed by atoms with Gasteiger partial charge in [0.1, 0.15) is 0 Å². The van der Waals surface area contributed by atoms with Gasteiger partial charge in [0.25, 0.3) is 0 Å². The van der Waals surface area contributed by atoms with Crippen molar-refractivity contribution in [2.45, 2.75) is 70.3 Å². The highest BCUT2D eigenvalue weighted by Crippen LogP contribution is 2.39. The molecule has 2 heterocycles. The van der Waals surface area contributed by atoms with E-state index in [2.05, 4.69) is 47.6 Å². The Kier molecular flexibility index (Phi) is 6.57. The number of aliphatic hydroxyl groups excluding tert-OH is 1. The molecule has 4 rings (SSSR count). The number of nitrogens with one attached hydrogen (secondary N) is 1. The van der Waals surface area contributed by atoms with Crippen molar-refractivity contribution < 1.29 is 5.11 Å². The lowest BCUT2D eigenvalue weighted by Crippen LogP contribution is -2.42. The van der Waals surface area contributed by atoms with E-state index >= 15 is 0 Å². The third-order valence-electron chi connectivity index (χ3n) is 6.65. The second-order valence-electron chi connectivity index (χ2n) is 9.27. The first-order valence-electron chi connectivity index (χ1n) is 11.3. The standard InChI is InChI=1S/C24H35N3OS/c1-24(2)11-5-6-18-16-19(7-8-21(18)24)22-17-29-23(26-22)27-13-9-20(10-14-27)25-12-3-4-15-28/h7-8,16-17,20,25,28H,3-6,9-15H2,1-2H3. The number of piperidine rings is 1. The van der Waals surface area contributed by atoms with E-state index < -0.39 is 0 Å². The molecule has 2 aromatic rings. The van der Waals surface area contributed by atoms with Crippen LogP contribution in [0.15, 0.2) is 23.6 Å². The van der Waals surface area contributed by atoms with Crippen molar-refractivity contribution in [1.82, 2.24) is 10.3 Å². The van der Waals surface area contributed by atoms with Crippen molar-refractivity contribution in [1.29, 1.82) is 0 Å². The number of unbranched alkanes of at least 4 members (excludes halogenated alkanes) is 1. The minimum Gasteiger partial charge on any atom is -0.396 e. The van der Waals surface area contributed by atoms with Crippen LogP contribution >= 0.6 is 11.3 Å². The Bertz CT molecular complexity index is 808. The summed E-state index contributed by atoms with van der Waals surface area (Å²) in [5, 5.41) is 15.9. The van der Waals surface area contributed by atoms with Gasteiger partial charge in [0.2, 0.25) is 0 Å². The van der Waals surface area contributed by atoms with Gasteiger partial charge in [-0.3, -0.25) is 0 Å². The fraction of sp³-hybridized carbons (Fsp3) is 0.625. The zero-order valence-electron chi connectivity index (χ0n) is 17.9. The van der Waals surface area contributed by atoms with Crippen LogP contribution in [0.5, 0.6) is 0 Å². The second-order valence-corrected chi connectivity index (χ2v) is 10.1. The van der Waals surface area contributed by atoms with Crippen molar-refractivity contribution in [3.63, 3.8) is 0 Å². The topological polar surface area (TPSA) is 48.4 Å². The number of aliphatic hydroxyl groups is 1. The lowest BCUT2D eigenvalue weighted by atomic mass is 9.72. The van der Waals surface area contributed by atoms with Crippen LogP contribution in [-0.2, 0) is 11.8 Å². The molecule has 1 aliphatic carbocycles. The number of hydrogen-bond donors (Lipinski definition) is 2. The van der Waals surface area contributed by atoms with E-state index in [4.69, 9.17) is 10.1 Å². The number of nitrogens with zero attached hydrogens (tertiary/aromatic N) is 2. The maximum absolute atomic E-state index is 8.89. The van der Waals surface area contributed by atoms with Crippen LogP contribution in [0.4, 0.5) is 5.13 Å². The van der Waals surface area contributed by atoms with E-state index in [9.17, 15) is 0 Å². The third-order valence-corrected chi connectivity index (χ3v) is 7.55. The summed E-state index contributed by atoms with van der Waals surface area (Å²) in [4.78, 5) is 7.44. The second kappa shape index (κ2) is 9.15. The van der Waals surface area contributed by atoms with Gasteiger partial charge >= 0.3 is 0 Å². The minimum atomic E-state index is 0.300. The number of thiazole rings is 1. The van der Waals surface area contributed by atoms with Crippen LogP contribution in [0.2, 0.25) is 0 Å². The van der Waals surface area contributed by atoms with Gasteiger partial charge in [-0.25, -0.2) is 4.98 Å². The summed E-state index contributed by atoms with van der Waals surface area (Å²) in [6.07, 6.45) is 8.06. The predicted octanol–water partition coefficient (Wildman–Crippen LogP) is 4.75. The molecule has 0 bridgehead atoms. The van der Waals surface area contributed by atoms with Crippen LogP contribution in [0.3, 0.4) is 0 Å². The molecule has 1 aliphatic heterocycles. The van der Waals surface area contributed by atoms with Crippen LogP contribution < -0.4 is 10.2 Å². The number of aromatic nitrogens is 1. The molecule has 0 radical (unpaired) electrons. The molecule has 0 spiro atoms. The Labute approximate surface area is 179 Å². The van der Waals surface area contributed by atoms with E-state index in [0.717, 1.165) is 43.3 Å². The summed E-state index contributed by atoms with van der Waals surface area (Å²) in [6.45, 7) is 8.20. The maximum Gasteiger partial charge on any atom is 0.185 e. The van der Waals surface area contributed by atoms with Gasteiger partial charge in [-0.05, 0) is 74.1 Å². The molecule has 1 fully saturated rings. The van der Waals surface area contributed by atoms with Gasteiger partial charge in [-0.1, -0.05) is 26.0 Å². The molecule has 0 saturated carbocycles. The average Bonchev–Trinajstić information content (AvgIpc) is 3.21. The highest BCUT2D eigenvalue weighted by molar-refractivity contribution is 7.14. The summed E-state index contributed by atoms with van der Waals surface area (Å²) < 4.78 is 0. The molecular formula is C24H35N3OS. The van der Waals surface area contributed by atoms with Gasteiger partial charge in [0.15, 0.2) is 5.13 Å². The van der Waals surface area contributed by atoms with Gasteiger partial charge in [-0.2, -0.15) is 0 Å². The normalized spacial score (nSPS) is 19.3. The zero-order chi connectivity index (χ0) is 20.3. The van der Waals surface area contributed by atoms with Crippen molar-refractivity contribution in [2.24, 2.45) is 0 Å². The van der Waals surface area contributed by atoms with Crippen LogP contribution in [0.25, 0.3) is 11.3 Å². The molecule has 0 atom stereocenters. The lowest BCUT2D eigenvalue weighted by molar-refractivity contribution is 0.281. The van der Waals surface area contributed by atoms with Gasteiger partial charge in [-0.15, -0.1) is 11.3 Å². The Morgan fingerprint density at radius 2 is 2.07 bits per heavy atom. The minimum absolute atomic E-state index is 0.300. The molecule has 158 valence electrons. The smallest absolute Gasteiger partial charge is 0.185 e. The van der Waals surface area contributed by atoms with Crippen molar-refractivity contribution in [3.05, 3.63) is 34.7 Å². The molecule has 4 nitrogen and oxygen atoms in total. The molecule has 1 aromatic carbocycles. The molecule has 0 amide bonds. The first kappa shape index (κ1) is 20.8. The fourth-order valence-electron chi connectivity index (χ4n) is 4.84. The quantitative estimate of drug-likeness (QED) is 0.643. The number of rotatable bonds is 7. The predicted molar refractivity (Wildman–Crippen MR) is 123 cm³/mol. The Morgan fingerprint density at radius 3 is 2.86 bits per heavy atom. The van der Waals surface area contributed by atoms with Crippen LogP contribution in [-0.4, -0.2) is 42.4 Å². The van der Waals surface area contributed by atoms with Crippen molar-refractivity contribution in [2.75, 3.05) is 31.1 Å². The third kappa shape index (κ3) is 4.84. The highest BCUT2D eigenvalue weighted by Gasteiger charge is 2.27. The van der Waals surface area contributed by atoms with Crippen LogP contribution in [0.1, 0.15) is 63.5 Å². The summed E-state index contributed by atoms with van der Waals surface area (Å²) in [5.74, 6) is 0. The summed E-state index contributed by atoms with van der Waals surface area (Å²) in [6, 6.07) is 7.61. The molecule has 0 unspecified atom stereocenters. The molecule has 2 N–H and O–H groups in total. The van der Waals surface area contributed by atoms with Gasteiger partial charge in [0.05, 0.1) is 5.69 Å². The zero-order valence-corrected chi connectivity index (χ0v) is 18.7.